The average Bonchev–Trinajstić information content (AvgIpc) is 2.99. The molecule has 0 bridgehead atoms. The van der Waals surface area contributed by atoms with Gasteiger partial charge in [0.25, 0.3) is 11.8 Å². The number of hydrogen-bond donors (Lipinski definition) is 1. The van der Waals surface area contributed by atoms with E-state index < -0.39 is 0 Å². The number of nitrogens with zero attached hydrogens (tertiary/aromatic N) is 2. The molecule has 4 aromatic carbocycles. The zero-order chi connectivity index (χ0) is 28.6. The number of benzene rings is 4. The van der Waals surface area contributed by atoms with Gasteiger partial charge in [-0.25, -0.2) is 0 Å². The fourth-order valence-corrected chi connectivity index (χ4v) is 4.83. The maximum atomic E-state index is 13.5. The highest BCUT2D eigenvalue weighted by Gasteiger charge is 2.30. The maximum absolute atomic E-state index is 13.5. The third-order valence-corrected chi connectivity index (χ3v) is 7.11. The van der Waals surface area contributed by atoms with Gasteiger partial charge in [0.15, 0.2) is 11.5 Å². The van der Waals surface area contributed by atoms with Crippen LogP contribution in [0.25, 0.3) is 6.08 Å². The van der Waals surface area contributed by atoms with Crippen LogP contribution in [0.3, 0.4) is 0 Å². The molecule has 0 unspecified atom stereocenters. The van der Waals surface area contributed by atoms with Crippen molar-refractivity contribution in [1.82, 2.24) is 10.2 Å². The Hall–Kier alpha value is -4.39. The van der Waals surface area contributed by atoms with Crippen LogP contribution in [0.15, 0.2) is 109 Å². The molecule has 208 valence electrons. The molecule has 0 spiro atoms. The molecule has 41 heavy (non-hydrogen) atoms. The van der Waals surface area contributed by atoms with E-state index in [9.17, 15) is 9.59 Å². The van der Waals surface area contributed by atoms with Crippen LogP contribution in [-0.4, -0.2) is 36.9 Å². The first-order valence-corrected chi connectivity index (χ1v) is 14.0. The molecule has 0 aromatic heterocycles. The minimum Gasteiger partial charge on any atom is -0.449 e. The lowest BCUT2D eigenvalue weighted by atomic mass is 10.1. The van der Waals surface area contributed by atoms with Crippen LogP contribution in [0.2, 0.25) is 5.02 Å². The molecule has 1 aliphatic rings. The van der Waals surface area contributed by atoms with E-state index >= 15 is 0 Å². The number of halogens is 1. The van der Waals surface area contributed by atoms with E-state index in [1.54, 1.807) is 23.1 Å². The maximum Gasteiger partial charge on any atom is 0.294 e. The summed E-state index contributed by atoms with van der Waals surface area (Å²) in [5.74, 6) is 0.466. The summed E-state index contributed by atoms with van der Waals surface area (Å²) in [6.45, 7) is 2.74. The van der Waals surface area contributed by atoms with Crippen LogP contribution in [-0.2, 0) is 17.9 Å². The molecule has 1 heterocycles. The Morgan fingerprint density at radius 1 is 0.902 bits per heavy atom. The number of rotatable bonds is 10. The molecule has 6 nitrogen and oxygen atoms in total. The van der Waals surface area contributed by atoms with Crippen LogP contribution in [0.5, 0.6) is 5.75 Å². The number of anilines is 1. The highest BCUT2D eigenvalue weighted by molar-refractivity contribution is 6.30. The molecule has 2 amide bonds. The predicted molar refractivity (Wildman–Crippen MR) is 164 cm³/mol. The van der Waals surface area contributed by atoms with Gasteiger partial charge in [-0.15, -0.1) is 0 Å². The normalized spacial score (nSPS) is 13.7. The van der Waals surface area contributed by atoms with Crippen molar-refractivity contribution in [1.29, 1.82) is 0 Å². The zero-order valence-electron chi connectivity index (χ0n) is 22.9. The number of hydrogen-bond acceptors (Lipinski definition) is 4. The third-order valence-electron chi connectivity index (χ3n) is 6.85. The van der Waals surface area contributed by atoms with Gasteiger partial charge in [0.1, 0.15) is 0 Å². The summed E-state index contributed by atoms with van der Waals surface area (Å²) in [7, 11) is 2.08. The van der Waals surface area contributed by atoms with Gasteiger partial charge in [0, 0.05) is 23.7 Å². The first-order valence-electron chi connectivity index (χ1n) is 13.6. The molecular formula is C34H32ClN3O3. The molecule has 0 atom stereocenters. The third kappa shape index (κ3) is 7.42. The second-order valence-corrected chi connectivity index (χ2v) is 10.5. The molecule has 7 heteroatoms. The molecule has 0 radical (unpaired) electrons. The number of para-hydroxylation sites is 2. The van der Waals surface area contributed by atoms with Gasteiger partial charge in [-0.2, -0.15) is 0 Å². The minimum absolute atomic E-state index is 0.122. The Labute approximate surface area is 245 Å². The number of amides is 2. The summed E-state index contributed by atoms with van der Waals surface area (Å²) in [5, 5.41) is 3.64. The first kappa shape index (κ1) is 28.1. The second kappa shape index (κ2) is 13.3. The lowest BCUT2D eigenvalue weighted by molar-refractivity contribution is -0.117. The smallest absolute Gasteiger partial charge is 0.294 e. The highest BCUT2D eigenvalue weighted by atomic mass is 35.5. The Kier molecular flexibility index (Phi) is 9.14. The van der Waals surface area contributed by atoms with Gasteiger partial charge in [0.05, 0.1) is 12.2 Å². The molecule has 0 saturated carbocycles. The molecule has 4 aromatic rings. The fourth-order valence-electron chi connectivity index (χ4n) is 4.70. The molecule has 1 aliphatic heterocycles. The summed E-state index contributed by atoms with van der Waals surface area (Å²) in [6.07, 6.45) is 2.56. The number of carbonyl (C=O) groups excluding carboxylic acids is 2. The number of nitrogens with one attached hydrogen (secondary N) is 1. The van der Waals surface area contributed by atoms with Crippen LogP contribution >= 0.6 is 11.6 Å². The summed E-state index contributed by atoms with van der Waals surface area (Å²) in [4.78, 5) is 30.1. The monoisotopic (exact) mass is 565 g/mol. The van der Waals surface area contributed by atoms with Crippen molar-refractivity contribution >= 4 is 35.2 Å². The van der Waals surface area contributed by atoms with Crippen LogP contribution in [0.1, 0.15) is 33.5 Å². The van der Waals surface area contributed by atoms with Crippen molar-refractivity contribution in [3.8, 4) is 5.75 Å². The van der Waals surface area contributed by atoms with Gasteiger partial charge in [-0.05, 0) is 79.2 Å². The summed E-state index contributed by atoms with van der Waals surface area (Å²) in [6, 6.07) is 32.4. The molecule has 1 N–H and O–H groups in total. The summed E-state index contributed by atoms with van der Waals surface area (Å²) < 4.78 is 6.00. The molecule has 0 aliphatic carbocycles. The molecule has 5 rings (SSSR count). The van der Waals surface area contributed by atoms with Gasteiger partial charge >= 0.3 is 0 Å². The standard InChI is InChI=1S/C34H32ClN3O3/c1-37(23-26-8-3-2-4-9-26)21-7-20-36-33(39)28-16-12-25(13-17-28)22-32-34(40)38(24-27-14-18-29(35)19-15-27)30-10-5-6-11-31(30)41-32/h2-6,8-19,22H,7,20-21,23-24H2,1H3,(H,36,39)/b32-22-. The minimum atomic E-state index is -0.238. The summed E-state index contributed by atoms with van der Waals surface area (Å²) >= 11 is 6.04. The van der Waals surface area contributed by atoms with Gasteiger partial charge < -0.3 is 15.0 Å². The van der Waals surface area contributed by atoms with Crippen molar-refractivity contribution in [3.63, 3.8) is 0 Å². The Morgan fingerprint density at radius 3 is 2.37 bits per heavy atom. The van der Waals surface area contributed by atoms with Crippen LogP contribution in [0, 0.1) is 0 Å². The van der Waals surface area contributed by atoms with E-state index in [4.69, 9.17) is 16.3 Å². The van der Waals surface area contributed by atoms with E-state index in [2.05, 4.69) is 29.4 Å². The van der Waals surface area contributed by atoms with Gasteiger partial charge in [0.2, 0.25) is 0 Å². The van der Waals surface area contributed by atoms with Crippen molar-refractivity contribution < 1.29 is 14.3 Å². The number of fused-ring (bicyclic) bond motifs is 1. The van der Waals surface area contributed by atoms with Crippen LogP contribution < -0.4 is 15.0 Å². The van der Waals surface area contributed by atoms with E-state index in [1.807, 2.05) is 78.9 Å². The lowest BCUT2D eigenvalue weighted by Crippen LogP contribution is -2.36. The fraction of sp³-hybridized carbons (Fsp3) is 0.176. The zero-order valence-corrected chi connectivity index (χ0v) is 23.7. The molecular weight excluding hydrogens is 534 g/mol. The Balaban J connectivity index is 1.19. The van der Waals surface area contributed by atoms with Crippen molar-refractivity contribution in [2.75, 3.05) is 25.0 Å². The van der Waals surface area contributed by atoms with E-state index in [0.717, 1.165) is 30.6 Å². The summed E-state index contributed by atoms with van der Waals surface area (Å²) in [5.41, 5.74) is 4.27. The number of ether oxygens (including phenoxy) is 1. The molecule has 0 saturated heterocycles. The Morgan fingerprint density at radius 2 is 1.61 bits per heavy atom. The second-order valence-electron chi connectivity index (χ2n) is 10.1. The van der Waals surface area contributed by atoms with Crippen LogP contribution in [0.4, 0.5) is 5.69 Å². The van der Waals surface area contributed by atoms with Crippen molar-refractivity contribution in [3.05, 3.63) is 136 Å². The topological polar surface area (TPSA) is 61.9 Å². The van der Waals surface area contributed by atoms with Crippen molar-refractivity contribution in [2.45, 2.75) is 19.5 Å². The van der Waals surface area contributed by atoms with E-state index in [-0.39, 0.29) is 17.6 Å². The molecule has 0 fully saturated rings. The average molecular weight is 566 g/mol. The number of carbonyl (C=O) groups is 2. The van der Waals surface area contributed by atoms with Crippen molar-refractivity contribution in [2.24, 2.45) is 0 Å². The Bertz CT molecular complexity index is 1520. The van der Waals surface area contributed by atoms with Gasteiger partial charge in [-0.3, -0.25) is 14.5 Å². The van der Waals surface area contributed by atoms with E-state index in [1.165, 1.54) is 5.56 Å². The quantitative estimate of drug-likeness (QED) is 0.175. The SMILES string of the molecule is CN(CCCNC(=O)c1ccc(/C=C2\Oc3ccccc3N(Cc3ccc(Cl)cc3)C2=O)cc1)Cc1ccccc1. The predicted octanol–water partition coefficient (Wildman–Crippen LogP) is 6.56. The highest BCUT2D eigenvalue weighted by Crippen LogP contribution is 2.36. The van der Waals surface area contributed by atoms with Gasteiger partial charge in [-0.1, -0.05) is 78.3 Å². The first-order chi connectivity index (χ1) is 20.0. The lowest BCUT2D eigenvalue weighted by Gasteiger charge is -2.30. The van der Waals surface area contributed by atoms with E-state index in [0.29, 0.717) is 35.1 Å². The largest absolute Gasteiger partial charge is 0.449 e.